The number of carbonyl (C=O) groups is 5. The lowest BCUT2D eigenvalue weighted by Gasteiger charge is -2.35. The summed E-state index contributed by atoms with van der Waals surface area (Å²) in [7, 11) is 0. The number of carbonyl (C=O) groups excluding carboxylic acids is 5. The maximum absolute atomic E-state index is 15.1. The fraction of sp³-hybridized carbons (Fsp3) is 0.647. The molecule has 3 fully saturated rings. The molecule has 4 aliphatic rings. The van der Waals surface area contributed by atoms with Crippen molar-refractivity contribution >= 4 is 45.8 Å². The fourth-order valence-electron chi connectivity index (χ4n) is 7.92. The Morgan fingerprint density at radius 3 is 2.45 bits per heavy atom. The fourth-order valence-corrected chi connectivity index (χ4v) is 7.92. The van der Waals surface area contributed by atoms with Crippen LogP contribution < -0.4 is 4.90 Å². The highest BCUT2D eigenvalue weighted by molar-refractivity contribution is 6.08. The first-order valence-electron chi connectivity index (χ1n) is 16.3. The Bertz CT molecular complexity index is 1550. The van der Waals surface area contributed by atoms with Crippen molar-refractivity contribution in [2.75, 3.05) is 11.4 Å². The number of anilines is 1. The van der Waals surface area contributed by atoms with Crippen molar-refractivity contribution in [3.05, 3.63) is 23.4 Å². The number of halogens is 1. The van der Waals surface area contributed by atoms with Crippen LogP contribution in [-0.2, 0) is 32.1 Å². The molecule has 2 saturated heterocycles. The molecule has 2 bridgehead atoms. The molecular weight excluding hydrogens is 563 g/mol. The molecule has 1 aromatic carbocycles. The van der Waals surface area contributed by atoms with E-state index < -0.39 is 11.7 Å². The van der Waals surface area contributed by atoms with Crippen LogP contribution in [0.4, 0.5) is 10.1 Å². The number of amides is 2. The highest BCUT2D eigenvalue weighted by Gasteiger charge is 2.66. The molecule has 236 valence electrons. The van der Waals surface area contributed by atoms with E-state index in [0.717, 1.165) is 37.7 Å². The van der Waals surface area contributed by atoms with Gasteiger partial charge in [0.25, 0.3) is 0 Å². The Morgan fingerprint density at radius 2 is 1.73 bits per heavy atom. The lowest BCUT2D eigenvalue weighted by molar-refractivity contribution is -0.139. The largest absolute Gasteiger partial charge is 0.327 e. The van der Waals surface area contributed by atoms with Crippen molar-refractivity contribution in [3.8, 4) is 0 Å². The highest BCUT2D eigenvalue weighted by Crippen LogP contribution is 2.62. The minimum Gasteiger partial charge on any atom is -0.327 e. The van der Waals surface area contributed by atoms with Crippen LogP contribution in [0.25, 0.3) is 10.9 Å². The minimum atomic E-state index is -1.52. The lowest BCUT2D eigenvalue weighted by Crippen LogP contribution is -2.47. The molecule has 3 aliphatic heterocycles. The van der Waals surface area contributed by atoms with Crippen LogP contribution in [-0.4, -0.2) is 68.1 Å². The number of benzene rings is 1. The van der Waals surface area contributed by atoms with Gasteiger partial charge in [0.1, 0.15) is 23.7 Å². The van der Waals surface area contributed by atoms with E-state index in [9.17, 15) is 24.0 Å². The zero-order valence-corrected chi connectivity index (χ0v) is 26.1. The van der Waals surface area contributed by atoms with Gasteiger partial charge in [-0.2, -0.15) is 5.10 Å². The molecule has 2 aromatic rings. The molecule has 1 aliphatic carbocycles. The summed E-state index contributed by atoms with van der Waals surface area (Å²) in [4.78, 5) is 69.0. The van der Waals surface area contributed by atoms with Crippen molar-refractivity contribution in [1.29, 1.82) is 0 Å². The van der Waals surface area contributed by atoms with E-state index in [1.165, 1.54) is 18.7 Å². The van der Waals surface area contributed by atoms with Crippen molar-refractivity contribution in [2.45, 2.75) is 129 Å². The normalized spacial score (nSPS) is 30.0. The predicted octanol–water partition coefficient (Wildman–Crippen LogP) is 5.29. The number of hydrogen-bond donors (Lipinski definition) is 0. The number of nitrogens with zero attached hydrogens (tertiary/aromatic N) is 4. The van der Waals surface area contributed by atoms with Crippen molar-refractivity contribution < 1.29 is 28.4 Å². The molecule has 4 heterocycles. The van der Waals surface area contributed by atoms with Crippen LogP contribution in [0.3, 0.4) is 0 Å². The van der Waals surface area contributed by atoms with Crippen LogP contribution in [0.5, 0.6) is 0 Å². The average molecular weight is 607 g/mol. The molecule has 0 N–H and O–H groups in total. The summed E-state index contributed by atoms with van der Waals surface area (Å²) in [6, 6.07) is 3.04. The molecular formula is C34H43FN4O5. The van der Waals surface area contributed by atoms with Gasteiger partial charge in [-0.05, 0) is 75.0 Å². The van der Waals surface area contributed by atoms with E-state index in [-0.39, 0.29) is 72.2 Å². The maximum Gasteiger partial charge on any atom is 0.245 e. The first-order valence-corrected chi connectivity index (χ1v) is 16.3. The van der Waals surface area contributed by atoms with Crippen LogP contribution in [0.2, 0.25) is 0 Å². The van der Waals surface area contributed by atoms with Gasteiger partial charge in [0, 0.05) is 49.7 Å². The maximum atomic E-state index is 15.1. The van der Waals surface area contributed by atoms with Crippen molar-refractivity contribution in [3.63, 3.8) is 0 Å². The summed E-state index contributed by atoms with van der Waals surface area (Å²) in [5.74, 6) is -0.378. The molecule has 0 spiro atoms. The Labute approximate surface area is 257 Å². The third-order valence-corrected chi connectivity index (χ3v) is 10.5. The molecule has 1 unspecified atom stereocenters. The van der Waals surface area contributed by atoms with Crippen LogP contribution in [0.15, 0.2) is 12.1 Å². The second-order valence-corrected chi connectivity index (χ2v) is 13.8. The van der Waals surface area contributed by atoms with E-state index >= 15 is 4.39 Å². The molecule has 1 saturated carbocycles. The summed E-state index contributed by atoms with van der Waals surface area (Å²) in [6.07, 6.45) is 7.74. The standard InChI is InChI=1S/C34H43FN4O5/c1-4-27(42)26-17-34-14-11-24(41)10-8-6-5-7-9-22-15-23(37-20-33(3,35)13-12-29(37)43)16-25-31(21(2)40)36-38(32(22)25)19-30(44)39(26)28(34)18-34/h15-16,26,28H,4-14,17-20H2,1-3H3/t26-,28+,33?,34-/m0/s1. The summed E-state index contributed by atoms with van der Waals surface area (Å²) >= 11 is 0. The molecule has 10 heteroatoms. The van der Waals surface area contributed by atoms with E-state index in [1.807, 2.05) is 13.0 Å². The van der Waals surface area contributed by atoms with E-state index in [0.29, 0.717) is 55.1 Å². The number of aromatic nitrogens is 2. The van der Waals surface area contributed by atoms with Gasteiger partial charge in [0.05, 0.1) is 18.1 Å². The van der Waals surface area contributed by atoms with Crippen molar-refractivity contribution in [2.24, 2.45) is 5.41 Å². The molecule has 0 radical (unpaired) electrons. The Balaban J connectivity index is 1.43. The van der Waals surface area contributed by atoms with Gasteiger partial charge in [-0.25, -0.2) is 4.39 Å². The highest BCUT2D eigenvalue weighted by atomic mass is 19.1. The topological polar surface area (TPSA) is 110 Å². The van der Waals surface area contributed by atoms with Crippen molar-refractivity contribution in [1.82, 2.24) is 14.7 Å². The summed E-state index contributed by atoms with van der Waals surface area (Å²) in [5.41, 5.74) is 0.537. The Hall–Kier alpha value is -3.43. The van der Waals surface area contributed by atoms with Gasteiger partial charge in [-0.1, -0.05) is 19.8 Å². The predicted molar refractivity (Wildman–Crippen MR) is 163 cm³/mol. The molecule has 6 rings (SSSR count). The first kappa shape index (κ1) is 30.6. The number of hydrogen-bond acceptors (Lipinski definition) is 6. The monoisotopic (exact) mass is 606 g/mol. The molecule has 1 aromatic heterocycles. The summed E-state index contributed by atoms with van der Waals surface area (Å²) in [5, 5.41) is 5.20. The third-order valence-electron chi connectivity index (χ3n) is 10.5. The Kier molecular flexibility index (Phi) is 7.99. The third kappa shape index (κ3) is 5.60. The quantitative estimate of drug-likeness (QED) is 0.438. The average Bonchev–Trinajstić information content (AvgIpc) is 3.39. The second kappa shape index (κ2) is 11.5. The van der Waals surface area contributed by atoms with Gasteiger partial charge >= 0.3 is 0 Å². The van der Waals surface area contributed by atoms with Gasteiger partial charge in [-0.3, -0.25) is 28.7 Å². The zero-order valence-electron chi connectivity index (χ0n) is 26.1. The Morgan fingerprint density at radius 1 is 0.977 bits per heavy atom. The van der Waals surface area contributed by atoms with Gasteiger partial charge in [0.2, 0.25) is 11.8 Å². The first-order chi connectivity index (χ1) is 20.9. The lowest BCUT2D eigenvalue weighted by atomic mass is 9.90. The SMILES string of the molecule is CCC(=O)[C@@H]1C[C@]23CCC(=O)CCCCCCc4cc(N5CC(C)(F)CCC5=O)cc5c(C(C)=O)nn(c45)CC(=O)N1[C@@H]2C3. The van der Waals surface area contributed by atoms with Gasteiger partial charge < -0.3 is 9.80 Å². The number of rotatable bonds is 4. The van der Waals surface area contributed by atoms with Gasteiger partial charge in [-0.15, -0.1) is 0 Å². The van der Waals surface area contributed by atoms with Crippen LogP contribution >= 0.6 is 0 Å². The van der Waals surface area contributed by atoms with Crippen LogP contribution in [0, 0.1) is 5.41 Å². The zero-order chi connectivity index (χ0) is 31.4. The molecule has 2 amide bonds. The van der Waals surface area contributed by atoms with E-state index in [4.69, 9.17) is 0 Å². The second-order valence-electron chi connectivity index (χ2n) is 13.8. The number of alkyl halides is 1. The molecule has 9 nitrogen and oxygen atoms in total. The molecule has 4 atom stereocenters. The van der Waals surface area contributed by atoms with E-state index in [2.05, 4.69) is 5.10 Å². The molecule has 44 heavy (non-hydrogen) atoms. The number of ketones is 3. The minimum absolute atomic E-state index is 0.0248. The van der Waals surface area contributed by atoms with E-state index in [1.54, 1.807) is 15.6 Å². The number of aryl methyl sites for hydroxylation is 1. The number of Topliss-reactive ketones (excluding diaryl/α,β-unsaturated/α-hetero) is 3. The smallest absolute Gasteiger partial charge is 0.245 e. The summed E-state index contributed by atoms with van der Waals surface area (Å²) in [6.45, 7) is 4.55. The van der Waals surface area contributed by atoms with Gasteiger partial charge in [0.15, 0.2) is 11.6 Å². The van der Waals surface area contributed by atoms with Crippen LogP contribution in [0.1, 0.15) is 114 Å². The number of piperidine rings is 2. The summed E-state index contributed by atoms with van der Waals surface area (Å²) < 4.78 is 16.7.